The van der Waals surface area contributed by atoms with Crippen molar-refractivity contribution >= 4 is 11.3 Å². The lowest BCUT2D eigenvalue weighted by Crippen LogP contribution is -2.48. The third kappa shape index (κ3) is 1.85. The molecule has 0 amide bonds. The average molecular weight is 213 g/mol. The van der Waals surface area contributed by atoms with Crippen LogP contribution in [-0.4, -0.2) is 11.7 Å². The van der Waals surface area contributed by atoms with Gasteiger partial charge in [-0.2, -0.15) is 0 Å². The first-order valence-electron chi connectivity index (χ1n) is 4.78. The third-order valence-corrected chi connectivity index (χ3v) is 4.29. The zero-order chi connectivity index (χ0) is 11.0. The Balaban J connectivity index is 3.07. The van der Waals surface area contributed by atoms with Crippen LogP contribution >= 0.6 is 11.3 Å². The molecule has 0 unspecified atom stereocenters. The van der Waals surface area contributed by atoms with Gasteiger partial charge in [0.05, 0.1) is 12.1 Å². The highest BCUT2D eigenvalue weighted by Crippen LogP contribution is 2.39. The smallest absolute Gasteiger partial charge is 0.0548 e. The molecular formula is C11H19NOS. The van der Waals surface area contributed by atoms with Gasteiger partial charge < -0.3 is 10.8 Å². The SMILES string of the molecule is Cc1ccc([C@@](C)(N)C(C)(C)CO)s1. The highest BCUT2D eigenvalue weighted by molar-refractivity contribution is 7.12. The van der Waals surface area contributed by atoms with Crippen molar-refractivity contribution in [3.63, 3.8) is 0 Å². The maximum absolute atomic E-state index is 9.32. The lowest BCUT2D eigenvalue weighted by atomic mass is 9.74. The number of hydrogen-bond donors (Lipinski definition) is 2. The van der Waals surface area contributed by atoms with Crippen LogP contribution in [0.25, 0.3) is 0 Å². The molecule has 0 spiro atoms. The molecule has 1 rings (SSSR count). The number of nitrogens with two attached hydrogens (primary N) is 1. The first kappa shape index (κ1) is 11.7. The second-order valence-corrected chi connectivity index (χ2v) is 5.94. The minimum absolute atomic E-state index is 0.0942. The second kappa shape index (κ2) is 3.65. The molecule has 80 valence electrons. The molecule has 0 fully saturated rings. The topological polar surface area (TPSA) is 46.2 Å². The Kier molecular flexibility index (Phi) is 3.04. The molecule has 1 aromatic rings. The number of aliphatic hydroxyl groups is 1. The van der Waals surface area contributed by atoms with Crippen molar-refractivity contribution in [3.8, 4) is 0 Å². The first-order valence-corrected chi connectivity index (χ1v) is 5.59. The fourth-order valence-corrected chi connectivity index (χ4v) is 2.32. The lowest BCUT2D eigenvalue weighted by Gasteiger charge is -2.39. The molecule has 14 heavy (non-hydrogen) atoms. The zero-order valence-corrected chi connectivity index (χ0v) is 10.1. The van der Waals surface area contributed by atoms with Crippen LogP contribution < -0.4 is 5.73 Å². The number of hydrogen-bond acceptors (Lipinski definition) is 3. The van der Waals surface area contributed by atoms with Gasteiger partial charge in [-0.25, -0.2) is 0 Å². The Hall–Kier alpha value is -0.380. The Bertz CT molecular complexity index is 315. The van der Waals surface area contributed by atoms with E-state index in [9.17, 15) is 5.11 Å². The highest BCUT2D eigenvalue weighted by atomic mass is 32.1. The van der Waals surface area contributed by atoms with E-state index in [1.165, 1.54) is 4.88 Å². The van der Waals surface area contributed by atoms with Crippen LogP contribution in [0.15, 0.2) is 12.1 Å². The molecular weight excluding hydrogens is 194 g/mol. The van der Waals surface area contributed by atoms with E-state index in [1.54, 1.807) is 11.3 Å². The maximum atomic E-state index is 9.32. The predicted molar refractivity (Wildman–Crippen MR) is 61.5 cm³/mol. The van der Waals surface area contributed by atoms with Crippen molar-refractivity contribution in [3.05, 3.63) is 21.9 Å². The molecule has 0 saturated carbocycles. The molecule has 0 bridgehead atoms. The summed E-state index contributed by atoms with van der Waals surface area (Å²) in [5, 5.41) is 9.32. The van der Waals surface area contributed by atoms with Crippen molar-refractivity contribution in [2.75, 3.05) is 6.61 Å². The fraction of sp³-hybridized carbons (Fsp3) is 0.636. The van der Waals surface area contributed by atoms with Gasteiger partial charge >= 0.3 is 0 Å². The normalized spacial score (nSPS) is 16.7. The molecule has 1 heterocycles. The Morgan fingerprint density at radius 1 is 1.36 bits per heavy atom. The standard InChI is InChI=1S/C11H19NOS/c1-8-5-6-9(14-8)11(4,12)10(2,3)7-13/h5-6,13H,7,12H2,1-4H3/t11-/m1/s1. The summed E-state index contributed by atoms with van der Waals surface area (Å²) in [6.45, 7) is 8.12. The van der Waals surface area contributed by atoms with Gasteiger partial charge in [0.25, 0.3) is 0 Å². The van der Waals surface area contributed by atoms with Crippen LogP contribution in [0.3, 0.4) is 0 Å². The van der Waals surface area contributed by atoms with E-state index in [1.807, 2.05) is 20.8 Å². The van der Waals surface area contributed by atoms with Gasteiger partial charge in [0.2, 0.25) is 0 Å². The summed E-state index contributed by atoms with van der Waals surface area (Å²) >= 11 is 1.70. The lowest BCUT2D eigenvalue weighted by molar-refractivity contribution is 0.0831. The second-order valence-electron chi connectivity index (χ2n) is 4.65. The largest absolute Gasteiger partial charge is 0.396 e. The molecule has 0 aromatic carbocycles. The van der Waals surface area contributed by atoms with Gasteiger partial charge in [0.1, 0.15) is 0 Å². The van der Waals surface area contributed by atoms with E-state index in [2.05, 4.69) is 19.1 Å². The van der Waals surface area contributed by atoms with Crippen LogP contribution in [0, 0.1) is 12.3 Å². The molecule has 0 aliphatic rings. The first-order chi connectivity index (χ1) is 6.31. The van der Waals surface area contributed by atoms with Gasteiger partial charge in [-0.1, -0.05) is 13.8 Å². The van der Waals surface area contributed by atoms with Gasteiger partial charge in [0, 0.05) is 15.2 Å². The predicted octanol–water partition coefficient (Wildman–Crippen LogP) is 2.25. The van der Waals surface area contributed by atoms with Crippen molar-refractivity contribution in [2.45, 2.75) is 33.2 Å². The van der Waals surface area contributed by atoms with Crippen LogP contribution in [0.4, 0.5) is 0 Å². The molecule has 1 atom stereocenters. The molecule has 3 heteroatoms. The molecule has 1 aromatic heterocycles. The average Bonchev–Trinajstić information content (AvgIpc) is 2.52. The molecule has 0 aliphatic carbocycles. The highest BCUT2D eigenvalue weighted by Gasteiger charge is 2.39. The summed E-state index contributed by atoms with van der Waals surface area (Å²) in [4.78, 5) is 2.39. The number of aliphatic hydroxyl groups excluding tert-OH is 1. The summed E-state index contributed by atoms with van der Waals surface area (Å²) in [5.41, 5.74) is 5.52. The molecule has 0 aliphatic heterocycles. The molecule has 3 N–H and O–H groups in total. The molecule has 0 radical (unpaired) electrons. The van der Waals surface area contributed by atoms with Crippen LogP contribution in [-0.2, 0) is 5.54 Å². The van der Waals surface area contributed by atoms with Gasteiger partial charge in [0.15, 0.2) is 0 Å². The van der Waals surface area contributed by atoms with Crippen molar-refractivity contribution < 1.29 is 5.11 Å². The van der Waals surface area contributed by atoms with Gasteiger partial charge in [-0.3, -0.25) is 0 Å². The Morgan fingerprint density at radius 2 is 1.93 bits per heavy atom. The van der Waals surface area contributed by atoms with Crippen LogP contribution in [0.5, 0.6) is 0 Å². The van der Waals surface area contributed by atoms with Gasteiger partial charge in [-0.15, -0.1) is 11.3 Å². The Labute approximate surface area is 89.8 Å². The number of rotatable bonds is 3. The Morgan fingerprint density at radius 3 is 2.29 bits per heavy atom. The van der Waals surface area contributed by atoms with Crippen molar-refractivity contribution in [1.82, 2.24) is 0 Å². The summed E-state index contributed by atoms with van der Waals surface area (Å²) in [5.74, 6) is 0. The summed E-state index contributed by atoms with van der Waals surface area (Å²) < 4.78 is 0. The van der Waals surface area contributed by atoms with Crippen molar-refractivity contribution in [2.24, 2.45) is 11.1 Å². The van der Waals surface area contributed by atoms with E-state index in [4.69, 9.17) is 5.73 Å². The van der Waals surface area contributed by atoms with E-state index in [-0.39, 0.29) is 12.0 Å². The fourth-order valence-electron chi connectivity index (χ4n) is 1.21. The summed E-state index contributed by atoms with van der Waals surface area (Å²) in [7, 11) is 0. The zero-order valence-electron chi connectivity index (χ0n) is 9.29. The minimum atomic E-state index is -0.472. The van der Waals surface area contributed by atoms with Crippen LogP contribution in [0.1, 0.15) is 30.5 Å². The van der Waals surface area contributed by atoms with Crippen molar-refractivity contribution in [1.29, 1.82) is 0 Å². The van der Waals surface area contributed by atoms with E-state index < -0.39 is 5.54 Å². The van der Waals surface area contributed by atoms with Crippen LogP contribution in [0.2, 0.25) is 0 Å². The van der Waals surface area contributed by atoms with E-state index in [0.29, 0.717) is 0 Å². The molecule has 2 nitrogen and oxygen atoms in total. The third-order valence-electron chi connectivity index (χ3n) is 3.05. The summed E-state index contributed by atoms with van der Waals surface area (Å²) in [6, 6.07) is 4.12. The number of aryl methyl sites for hydroxylation is 1. The van der Waals surface area contributed by atoms with E-state index in [0.717, 1.165) is 4.88 Å². The number of thiophene rings is 1. The van der Waals surface area contributed by atoms with E-state index >= 15 is 0 Å². The van der Waals surface area contributed by atoms with Gasteiger partial charge in [-0.05, 0) is 26.0 Å². The maximum Gasteiger partial charge on any atom is 0.0548 e. The molecule has 0 saturated heterocycles. The minimum Gasteiger partial charge on any atom is -0.396 e. The quantitative estimate of drug-likeness (QED) is 0.809. The monoisotopic (exact) mass is 213 g/mol. The summed E-state index contributed by atoms with van der Waals surface area (Å²) in [6.07, 6.45) is 0.